The fourth-order valence-corrected chi connectivity index (χ4v) is 1.90. The van der Waals surface area contributed by atoms with Gasteiger partial charge in [-0.15, -0.1) is 0 Å². The molecule has 0 saturated heterocycles. The largest absolute Gasteiger partial charge is 0.347 e. The summed E-state index contributed by atoms with van der Waals surface area (Å²) >= 11 is 11.9. The van der Waals surface area contributed by atoms with Crippen LogP contribution in [0.15, 0.2) is 18.2 Å². The van der Waals surface area contributed by atoms with Crippen LogP contribution in [0, 0.1) is 0 Å². The first kappa shape index (κ1) is 15.3. The molecule has 2 N–H and O–H groups in total. The first-order valence-corrected chi connectivity index (χ1v) is 6.53. The third kappa shape index (κ3) is 4.16. The number of carbonyl (C=O) groups is 1. The predicted molar refractivity (Wildman–Crippen MR) is 76.2 cm³/mol. The van der Waals surface area contributed by atoms with Crippen molar-refractivity contribution >= 4 is 29.1 Å². The van der Waals surface area contributed by atoms with Crippen LogP contribution in [-0.4, -0.2) is 19.5 Å². The molecule has 0 radical (unpaired) electrons. The van der Waals surface area contributed by atoms with Crippen molar-refractivity contribution in [1.82, 2.24) is 10.6 Å². The summed E-state index contributed by atoms with van der Waals surface area (Å²) < 4.78 is 0. The van der Waals surface area contributed by atoms with E-state index in [1.807, 2.05) is 27.0 Å². The summed E-state index contributed by atoms with van der Waals surface area (Å²) in [6, 6.07) is 5.38. The summed E-state index contributed by atoms with van der Waals surface area (Å²) in [5.41, 5.74) is 0.452. The highest BCUT2D eigenvalue weighted by Gasteiger charge is 2.23. The molecule has 0 spiro atoms. The van der Waals surface area contributed by atoms with E-state index in [1.54, 1.807) is 12.1 Å². The highest BCUT2D eigenvalue weighted by molar-refractivity contribution is 6.42. The van der Waals surface area contributed by atoms with E-state index in [0.29, 0.717) is 23.0 Å². The number of benzene rings is 1. The van der Waals surface area contributed by atoms with Crippen LogP contribution in [0.1, 0.15) is 25.8 Å². The Morgan fingerprint density at radius 3 is 2.50 bits per heavy atom. The predicted octanol–water partition coefficient (Wildman–Crippen LogP) is 2.95. The maximum atomic E-state index is 11.7. The van der Waals surface area contributed by atoms with Gasteiger partial charge in [-0.2, -0.15) is 0 Å². The van der Waals surface area contributed by atoms with Gasteiger partial charge in [0.2, 0.25) is 5.91 Å². The van der Waals surface area contributed by atoms with E-state index in [4.69, 9.17) is 23.2 Å². The molecule has 0 aliphatic carbocycles. The molecule has 3 nitrogen and oxygen atoms in total. The zero-order chi connectivity index (χ0) is 13.8. The molecule has 18 heavy (non-hydrogen) atoms. The molecule has 0 bridgehead atoms. The highest BCUT2D eigenvalue weighted by Crippen LogP contribution is 2.28. The molecule has 1 rings (SSSR count). The molecule has 100 valence electrons. The van der Waals surface area contributed by atoms with Crippen molar-refractivity contribution in [2.75, 3.05) is 13.6 Å². The lowest BCUT2D eigenvalue weighted by atomic mass is 9.94. The van der Waals surface area contributed by atoms with Crippen molar-refractivity contribution in [3.8, 4) is 0 Å². The van der Waals surface area contributed by atoms with Crippen LogP contribution >= 0.6 is 23.2 Å². The molecule has 0 saturated carbocycles. The molecule has 0 aliphatic rings. The number of halogens is 2. The van der Waals surface area contributed by atoms with E-state index in [1.165, 1.54) is 0 Å². The summed E-state index contributed by atoms with van der Waals surface area (Å²) in [7, 11) is 1.82. The van der Waals surface area contributed by atoms with Crippen molar-refractivity contribution < 1.29 is 4.79 Å². The van der Waals surface area contributed by atoms with E-state index in [9.17, 15) is 4.79 Å². The summed E-state index contributed by atoms with van der Waals surface area (Å²) in [5.74, 6) is 0.000391. The Labute approximate surface area is 118 Å². The summed E-state index contributed by atoms with van der Waals surface area (Å²) in [6.07, 6.45) is 0.446. The molecule has 0 unspecified atom stereocenters. The van der Waals surface area contributed by atoms with Crippen molar-refractivity contribution in [3.63, 3.8) is 0 Å². The van der Waals surface area contributed by atoms with Gasteiger partial charge in [-0.3, -0.25) is 4.79 Å². The van der Waals surface area contributed by atoms with E-state index in [-0.39, 0.29) is 5.91 Å². The third-order valence-electron chi connectivity index (χ3n) is 2.70. The van der Waals surface area contributed by atoms with Gasteiger partial charge >= 0.3 is 0 Å². The fourth-order valence-electron chi connectivity index (χ4n) is 1.61. The molecule has 1 aromatic carbocycles. The summed E-state index contributed by atoms with van der Waals surface area (Å²) in [6.45, 7) is 4.52. The molecule has 5 heteroatoms. The van der Waals surface area contributed by atoms with E-state index < -0.39 is 5.54 Å². The molecule has 1 aromatic rings. The van der Waals surface area contributed by atoms with E-state index in [0.717, 1.165) is 5.56 Å². The van der Waals surface area contributed by atoms with Crippen LogP contribution in [0.25, 0.3) is 0 Å². The first-order chi connectivity index (χ1) is 8.36. The average molecular weight is 289 g/mol. The second-order valence-electron chi connectivity index (χ2n) is 4.66. The number of hydrogen-bond acceptors (Lipinski definition) is 2. The molecule has 0 fully saturated rings. The lowest BCUT2D eigenvalue weighted by molar-refractivity contribution is -0.122. The Morgan fingerprint density at radius 2 is 1.94 bits per heavy atom. The minimum absolute atomic E-state index is 0.000391. The topological polar surface area (TPSA) is 41.1 Å². The Morgan fingerprint density at radius 1 is 1.28 bits per heavy atom. The molecule has 0 heterocycles. The minimum atomic E-state index is -0.473. The third-order valence-corrected chi connectivity index (χ3v) is 3.43. The lowest BCUT2D eigenvalue weighted by Crippen LogP contribution is -2.41. The molecule has 0 atom stereocenters. The Balaban J connectivity index is 2.78. The standard InChI is InChI=1S/C13H18Cl2N2O/c1-13(2,17-12(18)6-7-16-3)9-4-5-10(14)11(15)8-9/h4-5,8,16H,6-7H2,1-3H3,(H,17,18). The quantitative estimate of drug-likeness (QED) is 0.875. The number of hydrogen-bond donors (Lipinski definition) is 2. The Kier molecular flexibility index (Phi) is 5.45. The SMILES string of the molecule is CNCCC(=O)NC(C)(C)c1ccc(Cl)c(Cl)c1. The van der Waals surface area contributed by atoms with Crippen molar-refractivity contribution in [2.24, 2.45) is 0 Å². The van der Waals surface area contributed by atoms with Gasteiger partial charge in [-0.05, 0) is 38.6 Å². The van der Waals surface area contributed by atoms with Crippen LogP contribution in [0.5, 0.6) is 0 Å². The van der Waals surface area contributed by atoms with Crippen LogP contribution in [0.2, 0.25) is 10.0 Å². The van der Waals surface area contributed by atoms with Gasteiger partial charge in [0.15, 0.2) is 0 Å². The lowest BCUT2D eigenvalue weighted by Gasteiger charge is -2.27. The molecular formula is C13H18Cl2N2O. The van der Waals surface area contributed by atoms with E-state index in [2.05, 4.69) is 10.6 Å². The molecule has 1 amide bonds. The number of amides is 1. The van der Waals surface area contributed by atoms with Gasteiger partial charge in [-0.1, -0.05) is 29.3 Å². The van der Waals surface area contributed by atoms with Gasteiger partial charge in [0.25, 0.3) is 0 Å². The number of nitrogens with one attached hydrogen (secondary N) is 2. The fraction of sp³-hybridized carbons (Fsp3) is 0.462. The average Bonchev–Trinajstić information content (AvgIpc) is 2.29. The van der Waals surface area contributed by atoms with Gasteiger partial charge in [-0.25, -0.2) is 0 Å². The maximum absolute atomic E-state index is 11.7. The molecule has 0 aromatic heterocycles. The minimum Gasteiger partial charge on any atom is -0.347 e. The van der Waals surface area contributed by atoms with Gasteiger partial charge in [0, 0.05) is 13.0 Å². The zero-order valence-corrected chi connectivity index (χ0v) is 12.3. The normalized spacial score (nSPS) is 11.4. The summed E-state index contributed by atoms with van der Waals surface area (Å²) in [5, 5.41) is 6.92. The Bertz CT molecular complexity index is 433. The van der Waals surface area contributed by atoms with E-state index >= 15 is 0 Å². The van der Waals surface area contributed by atoms with Gasteiger partial charge in [0.1, 0.15) is 0 Å². The zero-order valence-electron chi connectivity index (χ0n) is 10.8. The highest BCUT2D eigenvalue weighted by atomic mass is 35.5. The van der Waals surface area contributed by atoms with Crippen molar-refractivity contribution in [1.29, 1.82) is 0 Å². The van der Waals surface area contributed by atoms with Gasteiger partial charge in [0.05, 0.1) is 15.6 Å². The second-order valence-corrected chi connectivity index (χ2v) is 5.47. The van der Waals surface area contributed by atoms with Crippen LogP contribution in [-0.2, 0) is 10.3 Å². The van der Waals surface area contributed by atoms with Crippen LogP contribution < -0.4 is 10.6 Å². The summed E-state index contributed by atoms with van der Waals surface area (Å²) in [4.78, 5) is 11.7. The first-order valence-electron chi connectivity index (χ1n) is 5.78. The number of carbonyl (C=O) groups excluding carboxylic acids is 1. The second kappa shape index (κ2) is 6.41. The van der Waals surface area contributed by atoms with Crippen molar-refractivity contribution in [2.45, 2.75) is 25.8 Å². The van der Waals surface area contributed by atoms with Gasteiger partial charge < -0.3 is 10.6 Å². The van der Waals surface area contributed by atoms with Crippen LogP contribution in [0.4, 0.5) is 0 Å². The van der Waals surface area contributed by atoms with Crippen molar-refractivity contribution in [3.05, 3.63) is 33.8 Å². The molecule has 0 aliphatic heterocycles. The maximum Gasteiger partial charge on any atom is 0.221 e. The monoisotopic (exact) mass is 288 g/mol. The smallest absolute Gasteiger partial charge is 0.221 e. The Hall–Kier alpha value is -0.770. The number of rotatable bonds is 5. The van der Waals surface area contributed by atoms with Crippen LogP contribution in [0.3, 0.4) is 0 Å². The molecular weight excluding hydrogens is 271 g/mol.